The molecule has 0 saturated carbocycles. The fraction of sp³-hybridized carbons (Fsp3) is 0.625. The lowest BCUT2D eigenvalue weighted by atomic mass is 9.82. The van der Waals surface area contributed by atoms with Gasteiger partial charge in [0, 0.05) is 12.6 Å². The van der Waals surface area contributed by atoms with E-state index in [9.17, 15) is 24.9 Å². The Labute approximate surface area is 134 Å². The lowest BCUT2D eigenvalue weighted by Crippen LogP contribution is -2.61. The van der Waals surface area contributed by atoms with Crippen LogP contribution in [0.2, 0.25) is 0 Å². The van der Waals surface area contributed by atoms with Crippen molar-refractivity contribution in [2.45, 2.75) is 51.0 Å². The molecule has 0 aromatic heterocycles. The highest BCUT2D eigenvalue weighted by atomic mass is 16.4. The van der Waals surface area contributed by atoms with E-state index in [0.717, 1.165) is 5.57 Å². The minimum atomic E-state index is -1.12. The summed E-state index contributed by atoms with van der Waals surface area (Å²) in [7, 11) is 0. The molecule has 3 aliphatic rings. The number of hydrogen-bond donors (Lipinski definition) is 4. The molecule has 5 atom stereocenters. The highest BCUT2D eigenvalue weighted by molar-refractivity contribution is 6.00. The van der Waals surface area contributed by atoms with Crippen LogP contribution in [0.15, 0.2) is 22.9 Å². The smallest absolute Gasteiger partial charge is 0.352 e. The molecule has 7 nitrogen and oxygen atoms in total. The lowest BCUT2D eigenvalue weighted by Gasteiger charge is -2.44. The van der Waals surface area contributed by atoms with Gasteiger partial charge in [-0.1, -0.05) is 6.08 Å². The van der Waals surface area contributed by atoms with Crippen molar-refractivity contribution in [2.75, 3.05) is 6.54 Å². The number of aliphatic hydroxyl groups is 2. The highest BCUT2D eigenvalue weighted by Crippen LogP contribution is 2.45. The van der Waals surface area contributed by atoms with Gasteiger partial charge in [0.25, 0.3) is 0 Å². The molecule has 3 aliphatic heterocycles. The minimum Gasteiger partial charge on any atom is -0.477 e. The number of β-amino-alcohol motifs (C(OH)–C–C–N with tert-alkyl or cyclic N) is 1. The van der Waals surface area contributed by atoms with Gasteiger partial charge in [-0.15, -0.1) is 0 Å². The summed E-state index contributed by atoms with van der Waals surface area (Å²) in [5.41, 5.74) is 1.48. The number of hydrogen-bond acceptors (Lipinski definition) is 5. The SMILES string of the molecule is CC(=C[C@@H]1C[C@H](O)CN1)C1=C(C(=O)O)N2C(=O)[C@H]([C@@H](C)O)[C@H]2C1. The molecule has 4 N–H and O–H groups in total. The van der Waals surface area contributed by atoms with Crippen molar-refractivity contribution in [3.8, 4) is 0 Å². The van der Waals surface area contributed by atoms with E-state index in [4.69, 9.17) is 0 Å². The molecule has 23 heavy (non-hydrogen) atoms. The molecule has 3 heterocycles. The minimum absolute atomic E-state index is 0.00376. The zero-order chi connectivity index (χ0) is 16.9. The molecule has 2 saturated heterocycles. The Morgan fingerprint density at radius 3 is 2.70 bits per heavy atom. The number of β-lactam (4-membered cyclic amide) rings is 1. The molecule has 0 unspecified atom stereocenters. The van der Waals surface area contributed by atoms with Gasteiger partial charge in [-0.2, -0.15) is 0 Å². The number of aliphatic carboxylic acids is 1. The molecule has 2 fully saturated rings. The van der Waals surface area contributed by atoms with E-state index in [0.29, 0.717) is 25.0 Å². The molecular formula is C16H22N2O5. The number of allylic oxidation sites excluding steroid dienone is 1. The van der Waals surface area contributed by atoms with E-state index in [-0.39, 0.29) is 29.8 Å². The van der Waals surface area contributed by atoms with Crippen molar-refractivity contribution in [1.82, 2.24) is 10.2 Å². The first kappa shape index (κ1) is 16.2. The Morgan fingerprint density at radius 2 is 2.17 bits per heavy atom. The average molecular weight is 322 g/mol. The average Bonchev–Trinajstić information content (AvgIpc) is 2.99. The molecule has 0 spiro atoms. The topological polar surface area (TPSA) is 110 Å². The standard InChI is InChI=1S/C16H22N2O5/c1-7(3-9-4-10(20)6-17-9)11-5-12-13(8(2)19)15(21)18(12)14(11)16(22)23/h3,8-10,12-13,17,19-20H,4-6H2,1-2H3,(H,22,23)/t8-,9-,10+,12-,13-/m1/s1. The summed E-state index contributed by atoms with van der Waals surface area (Å²) in [6.07, 6.45) is 1.79. The van der Waals surface area contributed by atoms with Crippen LogP contribution in [0.25, 0.3) is 0 Å². The van der Waals surface area contributed by atoms with Gasteiger partial charge >= 0.3 is 5.97 Å². The van der Waals surface area contributed by atoms with Crippen LogP contribution in [0, 0.1) is 5.92 Å². The number of carbonyl (C=O) groups is 2. The van der Waals surface area contributed by atoms with Crippen molar-refractivity contribution in [3.05, 3.63) is 22.9 Å². The Hall–Kier alpha value is -1.70. The highest BCUT2D eigenvalue weighted by Gasteiger charge is 2.56. The Kier molecular flexibility index (Phi) is 4.03. The van der Waals surface area contributed by atoms with Gasteiger partial charge in [0.1, 0.15) is 5.70 Å². The molecule has 3 rings (SSSR count). The molecule has 7 heteroatoms. The fourth-order valence-corrected chi connectivity index (χ4v) is 3.90. The van der Waals surface area contributed by atoms with E-state index in [1.807, 2.05) is 13.0 Å². The van der Waals surface area contributed by atoms with Gasteiger partial charge in [0.15, 0.2) is 0 Å². The number of aliphatic hydroxyl groups excluding tert-OH is 2. The summed E-state index contributed by atoms with van der Waals surface area (Å²) in [6, 6.07) is -0.266. The van der Waals surface area contributed by atoms with Gasteiger partial charge in [-0.05, 0) is 37.8 Å². The zero-order valence-corrected chi connectivity index (χ0v) is 13.2. The maximum atomic E-state index is 12.2. The maximum Gasteiger partial charge on any atom is 0.352 e. The molecule has 0 radical (unpaired) electrons. The first-order chi connectivity index (χ1) is 10.8. The number of nitrogens with one attached hydrogen (secondary N) is 1. The Balaban J connectivity index is 1.87. The van der Waals surface area contributed by atoms with E-state index in [1.165, 1.54) is 4.90 Å². The predicted octanol–water partition coefficient (Wildman–Crippen LogP) is -0.394. The van der Waals surface area contributed by atoms with Gasteiger partial charge in [-0.3, -0.25) is 4.79 Å². The van der Waals surface area contributed by atoms with Crippen LogP contribution in [0.1, 0.15) is 26.7 Å². The zero-order valence-electron chi connectivity index (χ0n) is 13.2. The molecular weight excluding hydrogens is 300 g/mol. The van der Waals surface area contributed by atoms with Crippen molar-refractivity contribution in [2.24, 2.45) is 5.92 Å². The number of carboxylic acids is 1. The predicted molar refractivity (Wildman–Crippen MR) is 81.3 cm³/mol. The second kappa shape index (κ2) is 5.74. The molecule has 0 bridgehead atoms. The van der Waals surface area contributed by atoms with E-state index >= 15 is 0 Å². The van der Waals surface area contributed by atoms with Gasteiger partial charge in [-0.25, -0.2) is 4.79 Å². The molecule has 1 amide bonds. The first-order valence-corrected chi connectivity index (χ1v) is 7.89. The third-order valence-corrected chi connectivity index (χ3v) is 5.00. The molecule has 0 aliphatic carbocycles. The van der Waals surface area contributed by atoms with Crippen LogP contribution < -0.4 is 5.32 Å². The number of carboxylic acid groups (broad SMARTS) is 1. The summed E-state index contributed by atoms with van der Waals surface area (Å²) in [5, 5.41) is 32.0. The van der Waals surface area contributed by atoms with Crippen LogP contribution in [-0.2, 0) is 9.59 Å². The van der Waals surface area contributed by atoms with Gasteiger partial charge in [0.05, 0.1) is 24.2 Å². The van der Waals surface area contributed by atoms with E-state index in [1.54, 1.807) is 6.92 Å². The van der Waals surface area contributed by atoms with Gasteiger partial charge < -0.3 is 25.5 Å². The first-order valence-electron chi connectivity index (χ1n) is 7.89. The fourth-order valence-electron chi connectivity index (χ4n) is 3.90. The van der Waals surface area contributed by atoms with Crippen molar-refractivity contribution in [3.63, 3.8) is 0 Å². The Morgan fingerprint density at radius 1 is 1.48 bits per heavy atom. The van der Waals surface area contributed by atoms with Crippen LogP contribution in [0.4, 0.5) is 0 Å². The summed E-state index contributed by atoms with van der Waals surface area (Å²) in [4.78, 5) is 25.1. The Bertz CT molecular complexity index is 610. The number of nitrogens with zero attached hydrogens (tertiary/aromatic N) is 1. The number of carbonyl (C=O) groups excluding carboxylic acids is 1. The van der Waals surface area contributed by atoms with Crippen molar-refractivity contribution >= 4 is 11.9 Å². The summed E-state index contributed by atoms with van der Waals surface area (Å²) in [6.45, 7) is 3.92. The normalized spacial score (nSPS) is 35.4. The third-order valence-electron chi connectivity index (χ3n) is 5.00. The number of rotatable bonds is 4. The maximum absolute atomic E-state index is 12.2. The largest absolute Gasteiger partial charge is 0.477 e. The van der Waals surface area contributed by atoms with Crippen LogP contribution in [0.5, 0.6) is 0 Å². The molecule has 0 aromatic carbocycles. The molecule has 0 aromatic rings. The second-order valence-corrected chi connectivity index (χ2v) is 6.63. The summed E-state index contributed by atoms with van der Waals surface area (Å²) in [5.74, 6) is -1.97. The van der Waals surface area contributed by atoms with E-state index in [2.05, 4.69) is 5.32 Å². The quantitative estimate of drug-likeness (QED) is 0.525. The monoisotopic (exact) mass is 322 g/mol. The lowest BCUT2D eigenvalue weighted by molar-refractivity contribution is -0.161. The second-order valence-electron chi connectivity index (χ2n) is 6.63. The summed E-state index contributed by atoms with van der Waals surface area (Å²) < 4.78 is 0. The molecule has 126 valence electrons. The summed E-state index contributed by atoms with van der Waals surface area (Å²) >= 11 is 0. The van der Waals surface area contributed by atoms with Crippen LogP contribution >= 0.6 is 0 Å². The number of amides is 1. The van der Waals surface area contributed by atoms with Crippen LogP contribution in [-0.4, -0.2) is 62.9 Å². The number of fused-ring (bicyclic) bond motifs is 1. The third kappa shape index (κ3) is 2.58. The van der Waals surface area contributed by atoms with Crippen molar-refractivity contribution < 1.29 is 24.9 Å². The van der Waals surface area contributed by atoms with E-state index < -0.39 is 18.0 Å². The van der Waals surface area contributed by atoms with Crippen LogP contribution in [0.3, 0.4) is 0 Å². The van der Waals surface area contributed by atoms with Crippen molar-refractivity contribution in [1.29, 1.82) is 0 Å². The van der Waals surface area contributed by atoms with Gasteiger partial charge in [0.2, 0.25) is 5.91 Å².